The lowest BCUT2D eigenvalue weighted by Crippen LogP contribution is -2.44. The van der Waals surface area contributed by atoms with E-state index in [4.69, 9.17) is 9.47 Å². The van der Waals surface area contributed by atoms with Crippen LogP contribution in [0.2, 0.25) is 0 Å². The van der Waals surface area contributed by atoms with Crippen LogP contribution in [-0.4, -0.2) is 37.6 Å². The molecule has 1 amide bonds. The molecule has 1 atom stereocenters. The van der Waals surface area contributed by atoms with Gasteiger partial charge >= 0.3 is 11.9 Å². The summed E-state index contributed by atoms with van der Waals surface area (Å²) in [6, 6.07) is 13.9. The van der Waals surface area contributed by atoms with Gasteiger partial charge < -0.3 is 14.8 Å². The summed E-state index contributed by atoms with van der Waals surface area (Å²) < 4.78 is 22.6. The van der Waals surface area contributed by atoms with Crippen molar-refractivity contribution >= 4 is 23.9 Å². The van der Waals surface area contributed by atoms with E-state index >= 15 is 0 Å². The predicted octanol–water partition coefficient (Wildman–Crippen LogP) is 2.28. The topological polar surface area (TPSA) is 81.7 Å². The van der Waals surface area contributed by atoms with Crippen LogP contribution in [-0.2, 0) is 30.3 Å². The lowest BCUT2D eigenvalue weighted by molar-refractivity contribution is -0.147. The molecule has 0 aromatic heterocycles. The van der Waals surface area contributed by atoms with Gasteiger partial charge in [0.2, 0.25) is 0 Å². The maximum absolute atomic E-state index is 13.1. The first-order chi connectivity index (χ1) is 13.5. The minimum atomic E-state index is -0.901. The van der Waals surface area contributed by atoms with Crippen molar-refractivity contribution in [3.8, 4) is 0 Å². The molecule has 2 aromatic carbocycles. The normalized spacial score (nSPS) is 11.6. The van der Waals surface area contributed by atoms with E-state index in [1.165, 1.54) is 31.4 Å². The third-order valence-electron chi connectivity index (χ3n) is 3.71. The highest BCUT2D eigenvalue weighted by Crippen LogP contribution is 2.06. The minimum absolute atomic E-state index is 0.243. The molecule has 0 fully saturated rings. The van der Waals surface area contributed by atoms with Gasteiger partial charge in [-0.3, -0.25) is 4.79 Å². The molecule has 0 unspecified atom stereocenters. The number of hydrogen-bond donors (Lipinski definition) is 1. The fourth-order valence-electron chi connectivity index (χ4n) is 2.38. The molecule has 0 saturated carbocycles. The molecular formula is C21H20FNO5. The Balaban J connectivity index is 1.86. The first kappa shape index (κ1) is 20.8. The van der Waals surface area contributed by atoms with Gasteiger partial charge in [0.25, 0.3) is 5.91 Å². The third kappa shape index (κ3) is 7.03. The van der Waals surface area contributed by atoms with Gasteiger partial charge in [-0.05, 0) is 29.3 Å². The van der Waals surface area contributed by atoms with Crippen molar-refractivity contribution in [3.63, 3.8) is 0 Å². The molecule has 0 radical (unpaired) electrons. The van der Waals surface area contributed by atoms with Crippen molar-refractivity contribution in [1.82, 2.24) is 5.32 Å². The van der Waals surface area contributed by atoms with Crippen molar-refractivity contribution < 1.29 is 28.2 Å². The van der Waals surface area contributed by atoms with E-state index in [0.717, 1.165) is 11.6 Å². The highest BCUT2D eigenvalue weighted by atomic mass is 19.1. The van der Waals surface area contributed by atoms with Gasteiger partial charge in [0.05, 0.1) is 7.11 Å². The van der Waals surface area contributed by atoms with E-state index in [1.54, 1.807) is 6.07 Å². The molecule has 2 rings (SSSR count). The predicted molar refractivity (Wildman–Crippen MR) is 100 cm³/mol. The summed E-state index contributed by atoms with van der Waals surface area (Å²) >= 11 is 0. The first-order valence-corrected chi connectivity index (χ1v) is 8.49. The molecule has 6 nitrogen and oxygen atoms in total. The molecule has 0 aliphatic heterocycles. The van der Waals surface area contributed by atoms with Crippen LogP contribution in [0.5, 0.6) is 0 Å². The first-order valence-electron chi connectivity index (χ1n) is 8.49. The zero-order valence-corrected chi connectivity index (χ0v) is 15.3. The van der Waals surface area contributed by atoms with Crippen LogP contribution in [0.4, 0.5) is 4.39 Å². The number of amides is 1. The maximum Gasteiger partial charge on any atom is 0.331 e. The molecule has 0 bridgehead atoms. The SMILES string of the molecule is COC(=O)[C@@H](Cc1ccccc1)NC(=O)COC(=O)/C=C/c1cccc(F)c1. The molecule has 1 N–H and O–H groups in total. The number of rotatable bonds is 8. The van der Waals surface area contributed by atoms with Crippen LogP contribution >= 0.6 is 0 Å². The van der Waals surface area contributed by atoms with Crippen molar-refractivity contribution in [1.29, 1.82) is 0 Å². The summed E-state index contributed by atoms with van der Waals surface area (Å²) in [5, 5.41) is 2.49. The quantitative estimate of drug-likeness (QED) is 0.557. The Morgan fingerprint density at radius 2 is 1.86 bits per heavy atom. The Bertz CT molecular complexity index is 851. The third-order valence-corrected chi connectivity index (χ3v) is 3.71. The molecule has 146 valence electrons. The Morgan fingerprint density at radius 1 is 1.11 bits per heavy atom. The number of methoxy groups -OCH3 is 1. The smallest absolute Gasteiger partial charge is 0.331 e. The second-order valence-electron chi connectivity index (χ2n) is 5.83. The van der Waals surface area contributed by atoms with Gasteiger partial charge in [-0.1, -0.05) is 42.5 Å². The molecule has 28 heavy (non-hydrogen) atoms. The van der Waals surface area contributed by atoms with Crippen molar-refractivity contribution in [3.05, 3.63) is 77.6 Å². The van der Waals surface area contributed by atoms with E-state index < -0.39 is 36.3 Å². The summed E-state index contributed by atoms with van der Waals surface area (Å²) in [6.45, 7) is -0.561. The molecular weight excluding hydrogens is 365 g/mol. The second-order valence-corrected chi connectivity index (χ2v) is 5.83. The monoisotopic (exact) mass is 385 g/mol. The summed E-state index contributed by atoms with van der Waals surface area (Å²) in [4.78, 5) is 35.6. The largest absolute Gasteiger partial charge is 0.467 e. The molecule has 7 heteroatoms. The Morgan fingerprint density at radius 3 is 2.54 bits per heavy atom. The Labute approximate surface area is 162 Å². The molecule has 2 aromatic rings. The molecule has 0 saturated heterocycles. The summed E-state index contributed by atoms with van der Waals surface area (Å²) in [5.74, 6) is -2.44. The summed E-state index contributed by atoms with van der Waals surface area (Å²) in [7, 11) is 1.23. The lowest BCUT2D eigenvalue weighted by Gasteiger charge is -2.16. The van der Waals surface area contributed by atoms with Crippen LogP contribution in [0, 0.1) is 5.82 Å². The van der Waals surface area contributed by atoms with Crippen molar-refractivity contribution in [2.24, 2.45) is 0 Å². The summed E-state index contributed by atoms with van der Waals surface area (Å²) in [6.07, 6.45) is 2.70. The van der Waals surface area contributed by atoms with Crippen molar-refractivity contribution in [2.45, 2.75) is 12.5 Å². The minimum Gasteiger partial charge on any atom is -0.467 e. The standard InChI is InChI=1S/C21H20FNO5/c1-27-21(26)18(13-15-6-3-2-4-7-15)23-19(24)14-28-20(25)11-10-16-8-5-9-17(22)12-16/h2-12,18H,13-14H2,1H3,(H,23,24)/b11-10+/t18-/m1/s1. The lowest BCUT2D eigenvalue weighted by atomic mass is 10.1. The molecule has 0 heterocycles. The van der Waals surface area contributed by atoms with Gasteiger partial charge in [-0.15, -0.1) is 0 Å². The fraction of sp³-hybridized carbons (Fsp3) is 0.190. The zero-order chi connectivity index (χ0) is 20.4. The average molecular weight is 385 g/mol. The van der Waals surface area contributed by atoms with E-state index in [2.05, 4.69) is 5.32 Å². The number of carbonyl (C=O) groups excluding carboxylic acids is 3. The van der Waals surface area contributed by atoms with Gasteiger partial charge in [0.15, 0.2) is 6.61 Å². The second kappa shape index (κ2) is 10.6. The Hall–Kier alpha value is -3.48. The van der Waals surface area contributed by atoms with Crippen LogP contribution < -0.4 is 5.32 Å². The number of nitrogens with one attached hydrogen (secondary N) is 1. The van der Waals surface area contributed by atoms with Crippen LogP contribution in [0.3, 0.4) is 0 Å². The molecule has 0 aliphatic carbocycles. The number of benzene rings is 2. The van der Waals surface area contributed by atoms with Gasteiger partial charge in [-0.25, -0.2) is 14.0 Å². The average Bonchev–Trinajstić information content (AvgIpc) is 2.70. The maximum atomic E-state index is 13.1. The number of hydrogen-bond acceptors (Lipinski definition) is 5. The van der Waals surface area contributed by atoms with Crippen molar-refractivity contribution in [2.75, 3.05) is 13.7 Å². The van der Waals surface area contributed by atoms with Gasteiger partial charge in [-0.2, -0.15) is 0 Å². The summed E-state index contributed by atoms with van der Waals surface area (Å²) in [5.41, 5.74) is 1.32. The van der Waals surface area contributed by atoms with Crippen LogP contribution in [0.1, 0.15) is 11.1 Å². The van der Waals surface area contributed by atoms with E-state index in [9.17, 15) is 18.8 Å². The number of esters is 2. The number of ether oxygens (including phenoxy) is 2. The van der Waals surface area contributed by atoms with E-state index in [1.807, 2.05) is 30.3 Å². The van der Waals surface area contributed by atoms with Crippen LogP contribution in [0.25, 0.3) is 6.08 Å². The highest BCUT2D eigenvalue weighted by molar-refractivity contribution is 5.90. The molecule has 0 aliphatic rings. The van der Waals surface area contributed by atoms with E-state index in [0.29, 0.717) is 5.56 Å². The molecule has 0 spiro atoms. The number of halogens is 1. The Kier molecular flexibility index (Phi) is 7.90. The highest BCUT2D eigenvalue weighted by Gasteiger charge is 2.22. The zero-order valence-electron chi connectivity index (χ0n) is 15.3. The fourth-order valence-corrected chi connectivity index (χ4v) is 2.38. The van der Waals surface area contributed by atoms with Gasteiger partial charge in [0.1, 0.15) is 11.9 Å². The van der Waals surface area contributed by atoms with E-state index in [-0.39, 0.29) is 6.42 Å². The van der Waals surface area contributed by atoms with Gasteiger partial charge in [0, 0.05) is 12.5 Å². The number of carbonyl (C=O) groups is 3. The van der Waals surface area contributed by atoms with Crippen LogP contribution in [0.15, 0.2) is 60.7 Å².